The number of rotatable bonds is 4. The number of H-pyrrole nitrogens is 2. The summed E-state index contributed by atoms with van der Waals surface area (Å²) in [5.74, 6) is 0.896. The lowest BCUT2D eigenvalue weighted by Gasteiger charge is -1.93. The van der Waals surface area contributed by atoms with Crippen molar-refractivity contribution in [1.82, 2.24) is 19.8 Å². The lowest BCUT2D eigenvalue weighted by Crippen LogP contribution is -2.20. The lowest BCUT2D eigenvalue weighted by molar-refractivity contribution is -0.556. The largest absolute Gasteiger partial charge is 0.347 e. The Morgan fingerprint density at radius 2 is 2.28 bits per heavy atom. The number of carbonyl (C=O) groups is 1. The van der Waals surface area contributed by atoms with Gasteiger partial charge in [-0.2, -0.15) is 4.40 Å². The van der Waals surface area contributed by atoms with Crippen LogP contribution in [-0.2, 0) is 4.79 Å². The van der Waals surface area contributed by atoms with Gasteiger partial charge in [-0.3, -0.25) is 4.79 Å². The third kappa shape index (κ3) is 2.72. The highest BCUT2D eigenvalue weighted by Gasteiger charge is 2.32. The molecule has 0 unspecified atom stereocenters. The third-order valence-electron chi connectivity index (χ3n) is 4.08. The van der Waals surface area contributed by atoms with Crippen molar-refractivity contribution in [1.29, 1.82) is 0 Å². The first kappa shape index (κ1) is 14.4. The molecule has 9 heteroatoms. The summed E-state index contributed by atoms with van der Waals surface area (Å²) < 4.78 is 3.70. The second-order valence-electron chi connectivity index (χ2n) is 6.00. The van der Waals surface area contributed by atoms with Crippen molar-refractivity contribution >= 4 is 34.8 Å². The van der Waals surface area contributed by atoms with E-state index in [1.54, 1.807) is 10.7 Å². The Labute approximate surface area is 146 Å². The highest BCUT2D eigenvalue weighted by Crippen LogP contribution is 2.29. The Bertz CT molecular complexity index is 1100. The first-order valence-corrected chi connectivity index (χ1v) is 8.83. The smallest absolute Gasteiger partial charge is 0.256 e. The summed E-state index contributed by atoms with van der Waals surface area (Å²) in [7, 11) is 0. The molecular formula is C16H15N7OS+2. The predicted molar refractivity (Wildman–Crippen MR) is 89.0 cm³/mol. The Morgan fingerprint density at radius 3 is 3.16 bits per heavy atom. The summed E-state index contributed by atoms with van der Waals surface area (Å²) in [4.78, 5) is 15.0. The highest BCUT2D eigenvalue weighted by atomic mass is 32.2. The maximum atomic E-state index is 11.9. The van der Waals surface area contributed by atoms with E-state index >= 15 is 0 Å². The summed E-state index contributed by atoms with van der Waals surface area (Å²) in [6.45, 7) is 0. The van der Waals surface area contributed by atoms with E-state index in [1.165, 1.54) is 11.8 Å². The van der Waals surface area contributed by atoms with Crippen molar-refractivity contribution in [2.75, 3.05) is 5.32 Å². The van der Waals surface area contributed by atoms with Gasteiger partial charge in [-0.25, -0.2) is 10.3 Å². The minimum absolute atomic E-state index is 0.0705. The number of anilines is 1. The maximum Gasteiger partial charge on any atom is 0.347 e. The maximum absolute atomic E-state index is 11.9. The molecule has 0 saturated heterocycles. The standard InChI is InChI=1S/C16H13N7OS/c24-15(10-4-5-10)18-11-9-23-12(17-11)6-7-14(21-23)25-16-20-19-13-3-1-2-8-22(13)16/h1-3,6-10H,4-5H2,(H,18,24)/p+2. The van der Waals surface area contributed by atoms with E-state index < -0.39 is 0 Å². The van der Waals surface area contributed by atoms with Crippen molar-refractivity contribution in [3.05, 3.63) is 42.7 Å². The average molecular weight is 353 g/mol. The van der Waals surface area contributed by atoms with Gasteiger partial charge in [0.25, 0.3) is 17.4 Å². The van der Waals surface area contributed by atoms with Crippen LogP contribution in [0.25, 0.3) is 11.3 Å². The van der Waals surface area contributed by atoms with E-state index in [0.717, 1.165) is 34.3 Å². The van der Waals surface area contributed by atoms with Gasteiger partial charge in [0, 0.05) is 23.9 Å². The van der Waals surface area contributed by atoms with Crippen LogP contribution in [0, 0.1) is 5.92 Å². The number of aromatic nitrogens is 6. The molecule has 1 aliphatic carbocycles. The molecule has 0 radical (unpaired) electrons. The van der Waals surface area contributed by atoms with Gasteiger partial charge in [0.2, 0.25) is 5.65 Å². The number of carbonyl (C=O) groups excluding carboxylic acids is 1. The molecule has 4 aromatic rings. The van der Waals surface area contributed by atoms with Crippen molar-refractivity contribution in [3.8, 4) is 0 Å². The molecule has 0 aliphatic heterocycles. The van der Waals surface area contributed by atoms with E-state index in [0.29, 0.717) is 5.82 Å². The predicted octanol–water partition coefficient (Wildman–Crippen LogP) is 1.11. The quantitative estimate of drug-likeness (QED) is 0.538. The summed E-state index contributed by atoms with van der Waals surface area (Å²) in [5, 5.41) is 16.4. The second-order valence-corrected chi connectivity index (χ2v) is 6.98. The summed E-state index contributed by atoms with van der Waals surface area (Å²) >= 11 is 1.46. The van der Waals surface area contributed by atoms with Gasteiger partial charge in [0.05, 0.1) is 17.2 Å². The first-order valence-electron chi connectivity index (χ1n) is 8.01. The van der Waals surface area contributed by atoms with E-state index in [9.17, 15) is 4.79 Å². The van der Waals surface area contributed by atoms with E-state index in [-0.39, 0.29) is 11.8 Å². The first-order chi connectivity index (χ1) is 12.3. The number of fused-ring (bicyclic) bond motifs is 2. The molecule has 0 bridgehead atoms. The third-order valence-corrected chi connectivity index (χ3v) is 4.98. The fourth-order valence-electron chi connectivity index (χ4n) is 2.63. The molecular weight excluding hydrogens is 338 g/mol. The average Bonchev–Trinajstić information content (AvgIpc) is 3.29. The van der Waals surface area contributed by atoms with Gasteiger partial charge in [-0.15, -0.1) is 14.7 Å². The number of nitrogens with one attached hydrogen (secondary N) is 3. The summed E-state index contributed by atoms with van der Waals surface area (Å²) in [5.41, 5.74) is 1.74. The zero-order valence-electron chi connectivity index (χ0n) is 13.1. The fraction of sp³-hybridized carbons (Fsp3) is 0.188. The molecule has 1 amide bonds. The van der Waals surface area contributed by atoms with Gasteiger partial charge >= 0.3 is 5.16 Å². The van der Waals surface area contributed by atoms with Crippen molar-refractivity contribution in [2.45, 2.75) is 23.0 Å². The SMILES string of the molecule is O=C(Nc1cn2nc(Sc3n[nH]c4cccc[n+]34)ccc2[nH+]1)C1CC1. The minimum Gasteiger partial charge on any atom is -0.256 e. The monoisotopic (exact) mass is 353 g/mol. The number of imidazole rings is 1. The van der Waals surface area contributed by atoms with Crippen LogP contribution >= 0.6 is 11.8 Å². The molecule has 8 nitrogen and oxygen atoms in total. The fourth-order valence-corrected chi connectivity index (χ4v) is 3.43. The Hall–Kier alpha value is -2.94. The van der Waals surface area contributed by atoms with Gasteiger partial charge in [0.1, 0.15) is 5.03 Å². The summed E-state index contributed by atoms with van der Waals surface area (Å²) in [6, 6.07) is 9.73. The van der Waals surface area contributed by atoms with Crippen LogP contribution in [0.3, 0.4) is 0 Å². The highest BCUT2D eigenvalue weighted by molar-refractivity contribution is 7.99. The normalized spacial score (nSPS) is 14.2. The number of aromatic amines is 2. The molecule has 4 heterocycles. The number of pyridine rings is 1. The molecule has 0 aromatic carbocycles. The zero-order chi connectivity index (χ0) is 16.8. The van der Waals surface area contributed by atoms with Crippen molar-refractivity contribution in [2.24, 2.45) is 5.92 Å². The zero-order valence-corrected chi connectivity index (χ0v) is 14.0. The molecule has 25 heavy (non-hydrogen) atoms. The number of nitrogens with zero attached hydrogens (tertiary/aromatic N) is 4. The molecule has 0 spiro atoms. The topological polar surface area (TPSA) is 93.3 Å². The molecule has 1 fully saturated rings. The van der Waals surface area contributed by atoms with Crippen LogP contribution in [0.4, 0.5) is 5.82 Å². The Morgan fingerprint density at radius 1 is 1.36 bits per heavy atom. The molecule has 124 valence electrons. The van der Waals surface area contributed by atoms with Crippen LogP contribution in [-0.4, -0.2) is 25.7 Å². The van der Waals surface area contributed by atoms with Crippen molar-refractivity contribution < 1.29 is 14.2 Å². The van der Waals surface area contributed by atoms with E-state index in [4.69, 9.17) is 0 Å². The van der Waals surface area contributed by atoms with Crippen LogP contribution in [0.2, 0.25) is 0 Å². The molecule has 0 atom stereocenters. The minimum atomic E-state index is 0.0705. The van der Waals surface area contributed by atoms with Gasteiger partial charge in [-0.05, 0) is 25.0 Å². The Kier molecular flexibility index (Phi) is 3.20. The summed E-state index contributed by atoms with van der Waals surface area (Å²) in [6.07, 6.45) is 5.70. The molecule has 3 N–H and O–H groups in total. The van der Waals surface area contributed by atoms with Crippen LogP contribution in [0.15, 0.2) is 52.9 Å². The van der Waals surface area contributed by atoms with Crippen LogP contribution in [0.1, 0.15) is 12.8 Å². The number of hydrogen-bond acceptors (Lipinski definition) is 4. The van der Waals surface area contributed by atoms with Gasteiger partial charge in [0.15, 0.2) is 6.20 Å². The number of amides is 1. The van der Waals surface area contributed by atoms with Crippen molar-refractivity contribution in [3.63, 3.8) is 0 Å². The second kappa shape index (κ2) is 5.55. The van der Waals surface area contributed by atoms with Gasteiger partial charge in [-0.1, -0.05) is 6.07 Å². The van der Waals surface area contributed by atoms with E-state index in [1.807, 2.05) is 40.9 Å². The molecule has 1 aliphatic rings. The van der Waals surface area contributed by atoms with E-state index in [2.05, 4.69) is 25.6 Å². The molecule has 1 saturated carbocycles. The van der Waals surface area contributed by atoms with Crippen LogP contribution in [0.5, 0.6) is 0 Å². The number of hydrogen-bond donors (Lipinski definition) is 2. The van der Waals surface area contributed by atoms with Gasteiger partial charge < -0.3 is 0 Å². The Balaban J connectivity index is 1.42. The molecule has 5 rings (SSSR count). The molecule has 4 aromatic heterocycles. The van der Waals surface area contributed by atoms with Crippen LogP contribution < -0.4 is 14.7 Å². The lowest BCUT2D eigenvalue weighted by atomic mass is 10.4.